The van der Waals surface area contributed by atoms with Crippen molar-refractivity contribution in [3.05, 3.63) is 22.2 Å². The Morgan fingerprint density at radius 3 is 2.86 bits per heavy atom. The second-order valence-corrected chi connectivity index (χ2v) is 5.54. The summed E-state index contributed by atoms with van der Waals surface area (Å²) in [6.07, 6.45) is 0. The van der Waals surface area contributed by atoms with Crippen molar-refractivity contribution < 1.29 is 13.2 Å². The smallest absolute Gasteiger partial charge is 0.244 e. The van der Waals surface area contributed by atoms with Gasteiger partial charge in [-0.3, -0.25) is 0 Å². The second-order valence-electron chi connectivity index (χ2n) is 2.92. The first kappa shape index (κ1) is 9.95. The summed E-state index contributed by atoms with van der Waals surface area (Å²) < 4.78 is 31.3. The van der Waals surface area contributed by atoms with Crippen LogP contribution >= 0.6 is 15.9 Å². The van der Waals surface area contributed by atoms with Gasteiger partial charge >= 0.3 is 0 Å². The van der Waals surface area contributed by atoms with Gasteiger partial charge in [-0.1, -0.05) is 15.9 Å². The minimum atomic E-state index is -3.36. The Bertz CT molecular complexity index is 484. The molecule has 1 aliphatic heterocycles. The molecule has 0 saturated carbocycles. The van der Waals surface area contributed by atoms with E-state index in [9.17, 15) is 8.42 Å². The van der Waals surface area contributed by atoms with Crippen molar-refractivity contribution in [2.45, 2.75) is 11.4 Å². The number of methoxy groups -OCH3 is 1. The van der Waals surface area contributed by atoms with Gasteiger partial charge in [-0.2, -0.15) is 0 Å². The second kappa shape index (κ2) is 3.22. The molecule has 0 aromatic heterocycles. The molecule has 2 rings (SSSR count). The van der Waals surface area contributed by atoms with Crippen LogP contribution in [0.5, 0.6) is 5.75 Å². The summed E-state index contributed by atoms with van der Waals surface area (Å²) in [5.41, 5.74) is 0.733. The van der Waals surface area contributed by atoms with E-state index in [1.54, 1.807) is 12.1 Å². The quantitative estimate of drug-likeness (QED) is 0.841. The lowest BCUT2D eigenvalue weighted by Crippen LogP contribution is -2.14. The van der Waals surface area contributed by atoms with Gasteiger partial charge in [0.1, 0.15) is 10.6 Å². The average Bonchev–Trinajstić information content (AvgIpc) is 2.41. The summed E-state index contributed by atoms with van der Waals surface area (Å²) in [5, 5.41) is 0. The highest BCUT2D eigenvalue weighted by atomic mass is 79.9. The summed E-state index contributed by atoms with van der Waals surface area (Å²) >= 11 is 3.29. The Balaban J connectivity index is 2.76. The van der Waals surface area contributed by atoms with Crippen LogP contribution in [0.4, 0.5) is 0 Å². The van der Waals surface area contributed by atoms with Gasteiger partial charge in [0.15, 0.2) is 0 Å². The first-order chi connectivity index (χ1) is 6.54. The SMILES string of the molecule is COc1cc(Br)cc2c1S(=O)(=O)NC2. The zero-order valence-corrected chi connectivity index (χ0v) is 9.78. The van der Waals surface area contributed by atoms with Crippen molar-refractivity contribution in [1.82, 2.24) is 4.72 Å². The van der Waals surface area contributed by atoms with Gasteiger partial charge in [0.2, 0.25) is 10.0 Å². The lowest BCUT2D eigenvalue weighted by Gasteiger charge is -2.06. The normalized spacial score (nSPS) is 17.9. The van der Waals surface area contributed by atoms with Crippen molar-refractivity contribution >= 4 is 26.0 Å². The molecular weight excluding hydrogens is 270 g/mol. The van der Waals surface area contributed by atoms with Crippen LogP contribution < -0.4 is 9.46 Å². The highest BCUT2D eigenvalue weighted by molar-refractivity contribution is 9.10. The van der Waals surface area contributed by atoms with E-state index < -0.39 is 10.0 Å². The third kappa shape index (κ3) is 1.43. The predicted molar refractivity (Wildman–Crippen MR) is 54.7 cm³/mol. The van der Waals surface area contributed by atoms with Gasteiger partial charge in [-0.15, -0.1) is 0 Å². The highest BCUT2D eigenvalue weighted by Gasteiger charge is 2.29. The molecule has 1 heterocycles. The molecular formula is C8H8BrNO3S. The van der Waals surface area contributed by atoms with E-state index in [0.717, 1.165) is 10.0 Å². The molecule has 1 aromatic carbocycles. The zero-order chi connectivity index (χ0) is 10.3. The summed E-state index contributed by atoms with van der Waals surface area (Å²) in [6.45, 7) is 0.327. The fourth-order valence-electron chi connectivity index (χ4n) is 1.46. The number of benzene rings is 1. The van der Waals surface area contributed by atoms with Gasteiger partial charge in [0, 0.05) is 11.0 Å². The van der Waals surface area contributed by atoms with E-state index >= 15 is 0 Å². The van der Waals surface area contributed by atoms with E-state index in [2.05, 4.69) is 20.7 Å². The molecule has 0 amide bonds. The monoisotopic (exact) mass is 277 g/mol. The Labute approximate surface area is 90.4 Å². The zero-order valence-electron chi connectivity index (χ0n) is 7.37. The number of hydrogen-bond donors (Lipinski definition) is 1. The van der Waals surface area contributed by atoms with Crippen LogP contribution in [0.2, 0.25) is 0 Å². The molecule has 0 radical (unpaired) electrons. The predicted octanol–water partition coefficient (Wildman–Crippen LogP) is 1.25. The summed E-state index contributed by atoms with van der Waals surface area (Å²) in [6, 6.07) is 3.42. The number of hydrogen-bond acceptors (Lipinski definition) is 3. The molecule has 0 atom stereocenters. The average molecular weight is 278 g/mol. The van der Waals surface area contributed by atoms with Crippen molar-refractivity contribution in [1.29, 1.82) is 0 Å². The van der Waals surface area contributed by atoms with Crippen LogP contribution in [-0.2, 0) is 16.6 Å². The lowest BCUT2D eigenvalue weighted by atomic mass is 10.2. The van der Waals surface area contributed by atoms with Gasteiger partial charge in [-0.05, 0) is 17.7 Å². The van der Waals surface area contributed by atoms with E-state index in [4.69, 9.17) is 4.74 Å². The Morgan fingerprint density at radius 1 is 1.50 bits per heavy atom. The Kier molecular flexibility index (Phi) is 2.29. The standard InChI is InChI=1S/C8H8BrNO3S/c1-13-7-3-6(9)2-5-4-10-14(11,12)8(5)7/h2-3,10H,4H2,1H3. The Hall–Kier alpha value is -0.590. The maximum absolute atomic E-state index is 11.5. The fraction of sp³-hybridized carbons (Fsp3) is 0.250. The molecule has 14 heavy (non-hydrogen) atoms. The van der Waals surface area contributed by atoms with E-state index in [0.29, 0.717) is 12.3 Å². The van der Waals surface area contributed by atoms with Crippen molar-refractivity contribution in [3.8, 4) is 5.75 Å². The molecule has 76 valence electrons. The largest absolute Gasteiger partial charge is 0.495 e. The number of nitrogens with one attached hydrogen (secondary N) is 1. The van der Waals surface area contributed by atoms with Crippen LogP contribution in [-0.4, -0.2) is 15.5 Å². The minimum absolute atomic E-state index is 0.253. The number of rotatable bonds is 1. The highest BCUT2D eigenvalue weighted by Crippen LogP contribution is 2.34. The molecule has 1 N–H and O–H groups in total. The fourth-order valence-corrected chi connectivity index (χ4v) is 3.31. The number of ether oxygens (including phenoxy) is 1. The van der Waals surface area contributed by atoms with Gasteiger partial charge in [0.05, 0.1) is 7.11 Å². The third-order valence-corrected chi connectivity index (χ3v) is 4.02. The van der Waals surface area contributed by atoms with Crippen molar-refractivity contribution in [2.75, 3.05) is 7.11 Å². The molecule has 4 nitrogen and oxygen atoms in total. The first-order valence-corrected chi connectivity index (χ1v) is 6.18. The van der Waals surface area contributed by atoms with Gasteiger partial charge in [-0.25, -0.2) is 13.1 Å². The maximum atomic E-state index is 11.5. The van der Waals surface area contributed by atoms with Crippen LogP contribution in [0.25, 0.3) is 0 Å². The first-order valence-electron chi connectivity index (χ1n) is 3.90. The number of halogens is 1. The maximum Gasteiger partial charge on any atom is 0.244 e. The topological polar surface area (TPSA) is 55.4 Å². The van der Waals surface area contributed by atoms with Crippen molar-refractivity contribution in [2.24, 2.45) is 0 Å². The lowest BCUT2D eigenvalue weighted by molar-refractivity contribution is 0.402. The summed E-state index contributed by atoms with van der Waals surface area (Å²) in [5.74, 6) is 0.374. The summed E-state index contributed by atoms with van der Waals surface area (Å²) in [4.78, 5) is 0.253. The van der Waals surface area contributed by atoms with E-state index in [1.165, 1.54) is 7.11 Å². The molecule has 0 unspecified atom stereocenters. The van der Waals surface area contributed by atoms with Crippen LogP contribution in [0, 0.1) is 0 Å². The number of sulfonamides is 1. The minimum Gasteiger partial charge on any atom is -0.495 e. The van der Waals surface area contributed by atoms with Crippen molar-refractivity contribution in [3.63, 3.8) is 0 Å². The molecule has 1 aromatic rings. The third-order valence-electron chi connectivity index (χ3n) is 2.04. The molecule has 6 heteroatoms. The summed E-state index contributed by atoms with van der Waals surface area (Å²) in [7, 11) is -1.91. The van der Waals surface area contributed by atoms with Crippen LogP contribution in [0.15, 0.2) is 21.5 Å². The van der Waals surface area contributed by atoms with Gasteiger partial charge < -0.3 is 4.74 Å². The Morgan fingerprint density at radius 2 is 2.21 bits per heavy atom. The molecule has 0 spiro atoms. The molecule has 0 bridgehead atoms. The van der Waals surface area contributed by atoms with E-state index in [1.807, 2.05) is 0 Å². The molecule has 1 aliphatic rings. The number of fused-ring (bicyclic) bond motifs is 1. The van der Waals surface area contributed by atoms with Crippen LogP contribution in [0.3, 0.4) is 0 Å². The van der Waals surface area contributed by atoms with Gasteiger partial charge in [0.25, 0.3) is 0 Å². The molecule has 0 aliphatic carbocycles. The molecule has 0 saturated heterocycles. The molecule has 0 fully saturated rings. The van der Waals surface area contributed by atoms with Crippen LogP contribution in [0.1, 0.15) is 5.56 Å². The van der Waals surface area contributed by atoms with E-state index in [-0.39, 0.29) is 4.90 Å².